The lowest BCUT2D eigenvalue weighted by Crippen LogP contribution is -2.21. The Morgan fingerprint density at radius 2 is 2.30 bits per heavy atom. The van der Waals surface area contributed by atoms with Crippen LogP contribution < -0.4 is 5.32 Å². The average Bonchev–Trinajstić information content (AvgIpc) is 1.87. The molecular weight excluding hydrogens is 130 g/mol. The summed E-state index contributed by atoms with van der Waals surface area (Å²) in [5, 5.41) is 2.69. The van der Waals surface area contributed by atoms with Gasteiger partial charge in [0.2, 0.25) is 5.91 Å². The molecule has 0 aliphatic rings. The first-order valence-electron chi connectivity index (χ1n) is 3.59. The molecule has 1 amide bonds. The predicted octanol–water partition coefficient (Wildman–Crippen LogP) is 0.549. The molecule has 0 rings (SSSR count). The van der Waals surface area contributed by atoms with Crippen LogP contribution in [0.3, 0.4) is 0 Å². The SMILES string of the molecule is CCOCCCNC(C)=O. The molecule has 0 aliphatic carbocycles. The van der Waals surface area contributed by atoms with Gasteiger partial charge in [0.25, 0.3) is 0 Å². The van der Waals surface area contributed by atoms with Crippen molar-refractivity contribution in [2.45, 2.75) is 20.3 Å². The summed E-state index contributed by atoms with van der Waals surface area (Å²) in [6.07, 6.45) is 0.896. The first kappa shape index (κ1) is 9.43. The zero-order chi connectivity index (χ0) is 7.82. The summed E-state index contributed by atoms with van der Waals surface area (Å²) >= 11 is 0. The van der Waals surface area contributed by atoms with Gasteiger partial charge in [-0.25, -0.2) is 0 Å². The van der Waals surface area contributed by atoms with Gasteiger partial charge >= 0.3 is 0 Å². The molecule has 0 aromatic carbocycles. The third-order valence-electron chi connectivity index (χ3n) is 1.04. The molecule has 0 aromatic heterocycles. The van der Waals surface area contributed by atoms with E-state index in [0.717, 1.165) is 26.2 Å². The van der Waals surface area contributed by atoms with E-state index in [1.165, 1.54) is 6.92 Å². The Kier molecular flexibility index (Phi) is 6.18. The number of ether oxygens (including phenoxy) is 1. The molecule has 0 aromatic rings. The number of hydrogen-bond acceptors (Lipinski definition) is 2. The third kappa shape index (κ3) is 7.43. The Morgan fingerprint density at radius 3 is 2.80 bits per heavy atom. The van der Waals surface area contributed by atoms with Crippen molar-refractivity contribution in [3.05, 3.63) is 0 Å². The highest BCUT2D eigenvalue weighted by Crippen LogP contribution is 1.79. The first-order chi connectivity index (χ1) is 4.77. The molecular formula is C7H15NO2. The van der Waals surface area contributed by atoms with Crippen LogP contribution in [-0.4, -0.2) is 25.7 Å². The lowest BCUT2D eigenvalue weighted by Gasteiger charge is -2.01. The molecule has 0 spiro atoms. The number of carbonyl (C=O) groups excluding carboxylic acids is 1. The Labute approximate surface area is 61.8 Å². The van der Waals surface area contributed by atoms with Gasteiger partial charge in [0.15, 0.2) is 0 Å². The Balaban J connectivity index is 2.84. The van der Waals surface area contributed by atoms with Gasteiger partial charge in [-0.1, -0.05) is 0 Å². The van der Waals surface area contributed by atoms with Crippen LogP contribution in [0.15, 0.2) is 0 Å². The normalized spacial score (nSPS) is 9.40. The summed E-state index contributed by atoms with van der Waals surface area (Å²) in [6.45, 7) is 5.67. The van der Waals surface area contributed by atoms with Crippen molar-refractivity contribution in [3.8, 4) is 0 Å². The molecule has 0 radical (unpaired) electrons. The third-order valence-corrected chi connectivity index (χ3v) is 1.04. The fraction of sp³-hybridized carbons (Fsp3) is 0.857. The summed E-state index contributed by atoms with van der Waals surface area (Å²) in [4.78, 5) is 10.3. The van der Waals surface area contributed by atoms with E-state index in [-0.39, 0.29) is 5.91 Å². The number of hydrogen-bond donors (Lipinski definition) is 1. The van der Waals surface area contributed by atoms with Gasteiger partial charge in [-0.3, -0.25) is 4.79 Å². The molecule has 0 heterocycles. The smallest absolute Gasteiger partial charge is 0.216 e. The molecule has 3 nitrogen and oxygen atoms in total. The summed E-state index contributed by atoms with van der Waals surface area (Å²) in [5.74, 6) is 0.0245. The number of carbonyl (C=O) groups is 1. The van der Waals surface area contributed by atoms with E-state index in [0.29, 0.717) is 0 Å². The Bertz CT molecular complexity index is 93.6. The van der Waals surface area contributed by atoms with Crippen molar-refractivity contribution >= 4 is 5.91 Å². The second-order valence-electron chi connectivity index (χ2n) is 2.03. The molecule has 0 saturated heterocycles. The van der Waals surface area contributed by atoms with E-state index in [4.69, 9.17) is 4.74 Å². The van der Waals surface area contributed by atoms with Crippen LogP contribution in [0, 0.1) is 0 Å². The molecule has 60 valence electrons. The summed E-state index contributed by atoms with van der Waals surface area (Å²) in [5.41, 5.74) is 0. The maximum absolute atomic E-state index is 10.3. The second kappa shape index (κ2) is 6.55. The zero-order valence-corrected chi connectivity index (χ0v) is 6.64. The highest BCUT2D eigenvalue weighted by Gasteiger charge is 1.89. The standard InChI is InChI=1S/C7H15NO2/c1-3-10-6-4-5-8-7(2)9/h3-6H2,1-2H3,(H,8,9). The number of rotatable bonds is 5. The maximum atomic E-state index is 10.3. The molecule has 0 saturated carbocycles. The lowest BCUT2D eigenvalue weighted by atomic mass is 10.4. The van der Waals surface area contributed by atoms with E-state index < -0.39 is 0 Å². The van der Waals surface area contributed by atoms with Crippen LogP contribution >= 0.6 is 0 Å². The van der Waals surface area contributed by atoms with Gasteiger partial charge in [0.1, 0.15) is 0 Å². The van der Waals surface area contributed by atoms with E-state index in [9.17, 15) is 4.79 Å². The zero-order valence-electron chi connectivity index (χ0n) is 6.64. The predicted molar refractivity (Wildman–Crippen MR) is 39.8 cm³/mol. The largest absolute Gasteiger partial charge is 0.382 e. The van der Waals surface area contributed by atoms with Gasteiger partial charge in [-0.05, 0) is 13.3 Å². The minimum atomic E-state index is 0.0245. The Hall–Kier alpha value is -0.570. The van der Waals surface area contributed by atoms with Crippen molar-refractivity contribution in [1.29, 1.82) is 0 Å². The summed E-state index contributed by atoms with van der Waals surface area (Å²) in [6, 6.07) is 0. The summed E-state index contributed by atoms with van der Waals surface area (Å²) in [7, 11) is 0. The highest BCUT2D eigenvalue weighted by molar-refractivity contribution is 5.72. The lowest BCUT2D eigenvalue weighted by molar-refractivity contribution is -0.118. The quantitative estimate of drug-likeness (QED) is 0.574. The minimum Gasteiger partial charge on any atom is -0.382 e. The molecule has 0 fully saturated rings. The molecule has 0 unspecified atom stereocenters. The van der Waals surface area contributed by atoms with Crippen LogP contribution in [0.5, 0.6) is 0 Å². The van der Waals surface area contributed by atoms with E-state index in [1.54, 1.807) is 0 Å². The van der Waals surface area contributed by atoms with Crippen LogP contribution in [-0.2, 0) is 9.53 Å². The van der Waals surface area contributed by atoms with Crippen molar-refractivity contribution in [2.75, 3.05) is 19.8 Å². The summed E-state index contributed by atoms with van der Waals surface area (Å²) < 4.78 is 5.06. The fourth-order valence-corrected chi connectivity index (χ4v) is 0.583. The number of amides is 1. The molecule has 0 bridgehead atoms. The maximum Gasteiger partial charge on any atom is 0.216 e. The second-order valence-corrected chi connectivity index (χ2v) is 2.03. The molecule has 10 heavy (non-hydrogen) atoms. The molecule has 0 atom stereocenters. The van der Waals surface area contributed by atoms with Crippen molar-refractivity contribution in [2.24, 2.45) is 0 Å². The van der Waals surface area contributed by atoms with Gasteiger partial charge < -0.3 is 10.1 Å². The van der Waals surface area contributed by atoms with E-state index in [2.05, 4.69) is 5.32 Å². The van der Waals surface area contributed by atoms with E-state index >= 15 is 0 Å². The monoisotopic (exact) mass is 145 g/mol. The Morgan fingerprint density at radius 1 is 1.60 bits per heavy atom. The molecule has 0 aliphatic heterocycles. The van der Waals surface area contributed by atoms with Gasteiger partial charge in [0.05, 0.1) is 0 Å². The van der Waals surface area contributed by atoms with Crippen molar-refractivity contribution in [3.63, 3.8) is 0 Å². The van der Waals surface area contributed by atoms with Gasteiger partial charge in [-0.2, -0.15) is 0 Å². The fourth-order valence-electron chi connectivity index (χ4n) is 0.583. The van der Waals surface area contributed by atoms with E-state index in [1.807, 2.05) is 6.92 Å². The van der Waals surface area contributed by atoms with Crippen LogP contribution in [0.25, 0.3) is 0 Å². The molecule has 3 heteroatoms. The van der Waals surface area contributed by atoms with Crippen LogP contribution in [0.1, 0.15) is 20.3 Å². The first-order valence-corrected chi connectivity index (χ1v) is 3.59. The van der Waals surface area contributed by atoms with Gasteiger partial charge in [0, 0.05) is 26.7 Å². The van der Waals surface area contributed by atoms with Crippen LogP contribution in [0.4, 0.5) is 0 Å². The van der Waals surface area contributed by atoms with Crippen LogP contribution in [0.2, 0.25) is 0 Å². The highest BCUT2D eigenvalue weighted by atomic mass is 16.5. The molecule has 1 N–H and O–H groups in total. The average molecular weight is 145 g/mol. The van der Waals surface area contributed by atoms with Crippen molar-refractivity contribution in [1.82, 2.24) is 5.32 Å². The topological polar surface area (TPSA) is 38.3 Å². The minimum absolute atomic E-state index is 0.0245. The van der Waals surface area contributed by atoms with Gasteiger partial charge in [-0.15, -0.1) is 0 Å². The van der Waals surface area contributed by atoms with Crippen molar-refractivity contribution < 1.29 is 9.53 Å². The number of nitrogens with one attached hydrogen (secondary N) is 1.